The third-order valence-corrected chi connectivity index (χ3v) is 4.18. The number of hydrogen-bond acceptors (Lipinski definition) is 6. The maximum Gasteiger partial charge on any atom is 0.334 e. The summed E-state index contributed by atoms with van der Waals surface area (Å²) in [7, 11) is 0. The number of amides is 4. The minimum atomic E-state index is -0.809. The van der Waals surface area contributed by atoms with E-state index in [1.54, 1.807) is 37.8 Å². The Morgan fingerprint density at radius 3 is 2.64 bits per heavy atom. The first-order chi connectivity index (χ1) is 10.5. The fourth-order valence-corrected chi connectivity index (χ4v) is 2.97. The Kier molecular flexibility index (Phi) is 3.53. The van der Waals surface area contributed by atoms with Crippen LogP contribution in [0.25, 0.3) is 10.6 Å². The molecule has 8 heteroatoms. The van der Waals surface area contributed by atoms with E-state index in [-0.39, 0.29) is 12.6 Å². The van der Waals surface area contributed by atoms with Crippen molar-refractivity contribution in [2.45, 2.75) is 26.4 Å². The largest absolute Gasteiger partial charge is 0.472 e. The van der Waals surface area contributed by atoms with Gasteiger partial charge in [-0.15, -0.1) is 11.3 Å². The van der Waals surface area contributed by atoms with Crippen LogP contribution in [0.1, 0.15) is 19.5 Å². The number of aromatic nitrogens is 1. The van der Waals surface area contributed by atoms with Gasteiger partial charge in [-0.05, 0) is 19.9 Å². The van der Waals surface area contributed by atoms with Crippen molar-refractivity contribution in [1.29, 1.82) is 0 Å². The first-order valence-electron chi connectivity index (χ1n) is 6.65. The van der Waals surface area contributed by atoms with Gasteiger partial charge in [-0.3, -0.25) is 14.5 Å². The average molecular weight is 319 g/mol. The van der Waals surface area contributed by atoms with Crippen molar-refractivity contribution in [2.75, 3.05) is 0 Å². The van der Waals surface area contributed by atoms with E-state index < -0.39 is 17.8 Å². The minimum Gasteiger partial charge on any atom is -0.472 e. The van der Waals surface area contributed by atoms with E-state index >= 15 is 0 Å². The second-order valence-electron chi connectivity index (χ2n) is 5.10. The molecule has 0 atom stereocenters. The molecule has 3 rings (SSSR count). The Hall–Kier alpha value is -2.48. The van der Waals surface area contributed by atoms with Crippen molar-refractivity contribution in [2.24, 2.45) is 0 Å². The van der Waals surface area contributed by atoms with Gasteiger partial charge >= 0.3 is 17.8 Å². The standard InChI is InChI=1S/C14H13N3O4S/c1-8(2)17-13(19)12(18)16(14(17)20)5-10-7-22-11(15-10)9-3-4-21-6-9/h3-4,6-8H,5H2,1-2H3. The molecule has 1 fully saturated rings. The number of thiazole rings is 1. The zero-order chi connectivity index (χ0) is 15.9. The third-order valence-electron chi connectivity index (χ3n) is 3.24. The smallest absolute Gasteiger partial charge is 0.334 e. The molecule has 0 aromatic carbocycles. The summed E-state index contributed by atoms with van der Waals surface area (Å²) in [6.45, 7) is 3.36. The predicted octanol–water partition coefficient (Wildman–Crippen LogP) is 2.10. The summed E-state index contributed by atoms with van der Waals surface area (Å²) < 4.78 is 5.00. The highest BCUT2D eigenvalue weighted by atomic mass is 32.1. The molecule has 0 N–H and O–H groups in total. The summed E-state index contributed by atoms with van der Waals surface area (Å²) in [4.78, 5) is 42.2. The summed E-state index contributed by atoms with van der Waals surface area (Å²) in [6, 6.07) is 0.826. The second-order valence-corrected chi connectivity index (χ2v) is 5.96. The lowest BCUT2D eigenvalue weighted by Crippen LogP contribution is -2.37. The van der Waals surface area contributed by atoms with Gasteiger partial charge in [0.05, 0.1) is 18.5 Å². The first kappa shape index (κ1) is 14.5. The Morgan fingerprint density at radius 1 is 1.27 bits per heavy atom. The Balaban J connectivity index is 1.80. The molecule has 22 heavy (non-hydrogen) atoms. The topological polar surface area (TPSA) is 83.7 Å². The molecule has 0 spiro atoms. The van der Waals surface area contributed by atoms with Crippen molar-refractivity contribution in [3.63, 3.8) is 0 Å². The molecule has 2 aromatic rings. The molecule has 2 aromatic heterocycles. The molecule has 0 saturated carbocycles. The van der Waals surface area contributed by atoms with Gasteiger partial charge in [0.1, 0.15) is 11.3 Å². The normalized spacial score (nSPS) is 15.5. The number of imide groups is 2. The highest BCUT2D eigenvalue weighted by molar-refractivity contribution is 7.13. The Bertz CT molecular complexity index is 735. The summed E-state index contributed by atoms with van der Waals surface area (Å²) >= 11 is 1.38. The van der Waals surface area contributed by atoms with Gasteiger partial charge in [-0.1, -0.05) is 0 Å². The molecule has 114 valence electrons. The van der Waals surface area contributed by atoms with Crippen molar-refractivity contribution in [3.05, 3.63) is 29.7 Å². The van der Waals surface area contributed by atoms with Crippen LogP contribution in [0.5, 0.6) is 0 Å². The zero-order valence-electron chi connectivity index (χ0n) is 12.0. The van der Waals surface area contributed by atoms with E-state index in [9.17, 15) is 14.4 Å². The molecular weight excluding hydrogens is 306 g/mol. The molecule has 4 amide bonds. The average Bonchev–Trinajstić information content (AvgIpc) is 3.17. The molecular formula is C14H13N3O4S. The van der Waals surface area contributed by atoms with E-state index in [4.69, 9.17) is 4.42 Å². The van der Waals surface area contributed by atoms with E-state index in [1.807, 2.05) is 0 Å². The van der Waals surface area contributed by atoms with Crippen molar-refractivity contribution in [1.82, 2.24) is 14.8 Å². The number of nitrogens with zero attached hydrogens (tertiary/aromatic N) is 3. The van der Waals surface area contributed by atoms with Crippen LogP contribution >= 0.6 is 11.3 Å². The molecule has 1 aliphatic rings. The van der Waals surface area contributed by atoms with Crippen molar-refractivity contribution < 1.29 is 18.8 Å². The summed E-state index contributed by atoms with van der Waals surface area (Å²) in [5.74, 6) is -1.60. The number of carbonyl (C=O) groups is 3. The molecule has 0 bridgehead atoms. The molecule has 0 aliphatic carbocycles. The second kappa shape index (κ2) is 5.38. The van der Waals surface area contributed by atoms with Crippen LogP contribution < -0.4 is 0 Å². The molecule has 0 unspecified atom stereocenters. The van der Waals surface area contributed by atoms with Crippen LogP contribution in [0.2, 0.25) is 0 Å². The fraction of sp³-hybridized carbons (Fsp3) is 0.286. The molecule has 3 heterocycles. The Morgan fingerprint density at radius 2 is 2.05 bits per heavy atom. The summed E-state index contributed by atoms with van der Waals surface area (Å²) in [5, 5.41) is 2.49. The lowest BCUT2D eigenvalue weighted by Gasteiger charge is -2.17. The monoisotopic (exact) mass is 319 g/mol. The fourth-order valence-electron chi connectivity index (χ4n) is 2.18. The van der Waals surface area contributed by atoms with Gasteiger partial charge in [0.2, 0.25) is 0 Å². The first-order valence-corrected chi connectivity index (χ1v) is 7.53. The lowest BCUT2D eigenvalue weighted by molar-refractivity contribution is -0.144. The maximum absolute atomic E-state index is 12.2. The summed E-state index contributed by atoms with van der Waals surface area (Å²) in [5.41, 5.74) is 1.39. The highest BCUT2D eigenvalue weighted by Crippen LogP contribution is 2.25. The van der Waals surface area contributed by atoms with Crippen molar-refractivity contribution in [3.8, 4) is 10.6 Å². The molecule has 0 radical (unpaired) electrons. The van der Waals surface area contributed by atoms with Crippen LogP contribution in [-0.4, -0.2) is 38.7 Å². The van der Waals surface area contributed by atoms with Gasteiger partial charge in [-0.25, -0.2) is 14.7 Å². The van der Waals surface area contributed by atoms with Crippen molar-refractivity contribution >= 4 is 29.2 Å². The quantitative estimate of drug-likeness (QED) is 0.636. The number of carbonyl (C=O) groups excluding carboxylic acids is 3. The highest BCUT2D eigenvalue weighted by Gasteiger charge is 2.45. The summed E-state index contributed by atoms with van der Waals surface area (Å²) in [6.07, 6.45) is 3.11. The maximum atomic E-state index is 12.2. The van der Waals surface area contributed by atoms with Gasteiger partial charge in [-0.2, -0.15) is 0 Å². The Labute approximate surface area is 130 Å². The number of urea groups is 1. The van der Waals surface area contributed by atoms with E-state index in [2.05, 4.69) is 4.98 Å². The van der Waals surface area contributed by atoms with Crippen LogP contribution in [-0.2, 0) is 16.1 Å². The number of rotatable bonds is 4. The van der Waals surface area contributed by atoms with Gasteiger partial charge in [0.25, 0.3) is 0 Å². The van der Waals surface area contributed by atoms with E-state index in [0.29, 0.717) is 5.69 Å². The van der Waals surface area contributed by atoms with Gasteiger partial charge in [0, 0.05) is 17.0 Å². The van der Waals surface area contributed by atoms with Gasteiger partial charge < -0.3 is 4.42 Å². The lowest BCUT2D eigenvalue weighted by atomic mass is 10.3. The van der Waals surface area contributed by atoms with Crippen LogP contribution in [0.4, 0.5) is 4.79 Å². The minimum absolute atomic E-state index is 0.0129. The SMILES string of the molecule is CC(C)N1C(=O)C(=O)N(Cc2csc(-c3ccoc3)n2)C1=O. The van der Waals surface area contributed by atoms with E-state index in [0.717, 1.165) is 20.4 Å². The van der Waals surface area contributed by atoms with Crippen LogP contribution in [0.15, 0.2) is 28.4 Å². The molecule has 1 saturated heterocycles. The molecule has 1 aliphatic heterocycles. The number of hydrogen-bond donors (Lipinski definition) is 0. The van der Waals surface area contributed by atoms with E-state index in [1.165, 1.54) is 11.3 Å². The molecule has 7 nitrogen and oxygen atoms in total. The third kappa shape index (κ3) is 2.31. The van der Waals surface area contributed by atoms with Crippen LogP contribution in [0.3, 0.4) is 0 Å². The zero-order valence-corrected chi connectivity index (χ0v) is 12.8. The van der Waals surface area contributed by atoms with Gasteiger partial charge in [0.15, 0.2) is 0 Å². The van der Waals surface area contributed by atoms with Crippen LogP contribution in [0, 0.1) is 0 Å². The predicted molar refractivity (Wildman–Crippen MR) is 77.7 cm³/mol. The number of furan rings is 1.